The van der Waals surface area contributed by atoms with Gasteiger partial charge in [0.1, 0.15) is 72.2 Å². The molecule has 4 heterocycles. The Morgan fingerprint density at radius 3 is 1.41 bits per heavy atom. The molecule has 0 radical (unpaired) electrons. The van der Waals surface area contributed by atoms with Gasteiger partial charge in [-0.25, -0.2) is 22.2 Å². The number of hydrogen-bond donors (Lipinski definition) is 2. The molecule has 0 fully saturated rings. The van der Waals surface area contributed by atoms with Crippen molar-refractivity contribution in [1.82, 2.24) is 50.4 Å². The Hall–Kier alpha value is -8.74. The zero-order valence-electron chi connectivity index (χ0n) is 35.6. The van der Waals surface area contributed by atoms with Gasteiger partial charge in [0.05, 0.1) is 29.8 Å². The van der Waals surface area contributed by atoms with E-state index < -0.39 is 81.9 Å². The van der Waals surface area contributed by atoms with E-state index in [1.807, 2.05) is 12.1 Å². The van der Waals surface area contributed by atoms with Crippen molar-refractivity contribution in [3.8, 4) is 23.6 Å². The molecule has 2 unspecified atom stereocenters. The molecule has 0 spiro atoms. The maximum atomic E-state index is 15.7. The van der Waals surface area contributed by atoms with Gasteiger partial charge in [0.2, 0.25) is 0 Å². The number of rotatable bonds is 16. The maximum absolute atomic E-state index is 15.7. The maximum Gasteiger partial charge on any atom is 0.323 e. The van der Waals surface area contributed by atoms with Gasteiger partial charge in [0.15, 0.2) is 17.5 Å². The largest absolute Gasteiger partial charge is 0.489 e. The summed E-state index contributed by atoms with van der Waals surface area (Å²) in [5.74, 6) is -12.1. The van der Waals surface area contributed by atoms with Crippen LogP contribution >= 0.6 is 0 Å². The lowest BCUT2D eigenvalue weighted by atomic mass is 9.84. The van der Waals surface area contributed by atoms with Crippen LogP contribution in [0.3, 0.4) is 0 Å². The van der Waals surface area contributed by atoms with Gasteiger partial charge < -0.3 is 19.7 Å². The Morgan fingerprint density at radius 1 is 0.571 bits per heavy atom. The monoisotopic (exact) mass is 968 g/mol. The molecular formula is C46H32F8N12O4. The molecule has 0 saturated heterocycles. The molecule has 356 valence electrons. The SMILES string of the molecule is N#Cc1ccc(OCc2ccc(C(F)(F)C(O)(Cn3cnnn3)c3ccc(F)cc3F)nc2)cc1.N#Cc1ccc(OCc2ccc(C(F)(F)C(O)(Cn3ncnn3)c3ccc(F)cc3F)nc2)cc1. The number of aromatic nitrogens is 10. The molecule has 70 heavy (non-hydrogen) atoms. The number of nitriles is 2. The van der Waals surface area contributed by atoms with Gasteiger partial charge >= 0.3 is 11.8 Å². The zero-order valence-corrected chi connectivity index (χ0v) is 35.6. The molecule has 0 aliphatic heterocycles. The quantitative estimate of drug-likeness (QED) is 0.0937. The summed E-state index contributed by atoms with van der Waals surface area (Å²) < 4.78 is 131. The van der Waals surface area contributed by atoms with Crippen LogP contribution in [0, 0.1) is 45.9 Å². The second-order valence-electron chi connectivity index (χ2n) is 15.0. The second-order valence-corrected chi connectivity index (χ2v) is 15.0. The molecule has 16 nitrogen and oxygen atoms in total. The van der Waals surface area contributed by atoms with Crippen molar-refractivity contribution >= 4 is 0 Å². The Labute approximate surface area is 390 Å². The van der Waals surface area contributed by atoms with Crippen LogP contribution in [0.25, 0.3) is 0 Å². The van der Waals surface area contributed by atoms with Crippen LogP contribution in [-0.2, 0) is 49.4 Å². The first-order valence-electron chi connectivity index (χ1n) is 20.2. The Kier molecular flexibility index (Phi) is 14.5. The molecule has 8 rings (SSSR count). The number of halogens is 8. The number of alkyl halides is 4. The zero-order chi connectivity index (χ0) is 50.1. The smallest absolute Gasteiger partial charge is 0.323 e. The number of pyridine rings is 2. The lowest BCUT2D eigenvalue weighted by molar-refractivity contribution is -0.209. The summed E-state index contributed by atoms with van der Waals surface area (Å²) in [6, 6.07) is 24.9. The molecule has 0 amide bonds. The minimum absolute atomic E-state index is 0.00770. The molecule has 0 aliphatic rings. The van der Waals surface area contributed by atoms with Crippen molar-refractivity contribution < 1.29 is 54.8 Å². The minimum Gasteiger partial charge on any atom is -0.489 e. The van der Waals surface area contributed by atoms with Crippen LogP contribution in [-0.4, -0.2) is 60.6 Å². The van der Waals surface area contributed by atoms with Gasteiger partial charge in [0.25, 0.3) is 0 Å². The Morgan fingerprint density at radius 2 is 1.04 bits per heavy atom. The van der Waals surface area contributed by atoms with Crippen molar-refractivity contribution in [2.24, 2.45) is 0 Å². The van der Waals surface area contributed by atoms with Gasteiger partial charge in [0, 0.05) is 46.8 Å². The third-order valence-electron chi connectivity index (χ3n) is 10.4. The van der Waals surface area contributed by atoms with Crippen LogP contribution in [0.1, 0.15) is 44.8 Å². The highest BCUT2D eigenvalue weighted by atomic mass is 19.3. The highest BCUT2D eigenvalue weighted by Crippen LogP contribution is 2.48. The highest BCUT2D eigenvalue weighted by Gasteiger charge is 2.59. The van der Waals surface area contributed by atoms with Crippen LogP contribution in [0.4, 0.5) is 35.1 Å². The molecular weight excluding hydrogens is 937 g/mol. The number of tetrazole rings is 2. The third-order valence-corrected chi connectivity index (χ3v) is 10.4. The summed E-state index contributed by atoms with van der Waals surface area (Å²) in [6.07, 6.45) is 4.19. The summed E-state index contributed by atoms with van der Waals surface area (Å²) in [4.78, 5) is 8.19. The van der Waals surface area contributed by atoms with Crippen LogP contribution in [0.2, 0.25) is 0 Å². The van der Waals surface area contributed by atoms with Crippen LogP contribution < -0.4 is 9.47 Å². The number of nitrogens with zero attached hydrogens (tertiary/aromatic N) is 12. The van der Waals surface area contributed by atoms with Crippen LogP contribution in [0.15, 0.2) is 134 Å². The summed E-state index contributed by atoms with van der Waals surface area (Å²) >= 11 is 0. The van der Waals surface area contributed by atoms with E-state index in [0.717, 1.165) is 66.1 Å². The Balaban J connectivity index is 0.000000206. The average Bonchev–Trinajstić information content (AvgIpc) is 4.08. The first kappa shape index (κ1) is 49.2. The van der Waals surface area contributed by atoms with E-state index in [-0.39, 0.29) is 13.2 Å². The second kappa shape index (κ2) is 20.6. The lowest BCUT2D eigenvalue weighted by Gasteiger charge is -2.35. The number of benzene rings is 4. The van der Waals surface area contributed by atoms with E-state index in [1.165, 1.54) is 12.1 Å². The van der Waals surface area contributed by atoms with Crippen molar-refractivity contribution in [3.63, 3.8) is 0 Å². The normalized spacial score (nSPS) is 13.1. The summed E-state index contributed by atoms with van der Waals surface area (Å²) in [5.41, 5.74) is -8.12. The predicted molar refractivity (Wildman–Crippen MR) is 223 cm³/mol. The molecule has 2 N–H and O–H groups in total. The average molecular weight is 969 g/mol. The molecule has 4 aromatic heterocycles. The molecule has 0 saturated carbocycles. The van der Waals surface area contributed by atoms with Gasteiger partial charge in [-0.05, 0) is 101 Å². The third kappa shape index (κ3) is 10.7. The van der Waals surface area contributed by atoms with E-state index in [9.17, 15) is 27.8 Å². The predicted octanol–water partition coefficient (Wildman–Crippen LogP) is 6.95. The fraction of sp³-hybridized carbons (Fsp3) is 0.174. The van der Waals surface area contributed by atoms with E-state index in [0.29, 0.717) is 50.7 Å². The summed E-state index contributed by atoms with van der Waals surface area (Å²) in [6.45, 7) is -1.95. The standard InChI is InChI=1S/2C23H16F4N6O2/c24-17-4-7-19(20(25)9-17)22(34,13-33-14-30-31-32-33)23(26,27)21-8-3-16(11-29-21)12-35-18-5-1-15(10-28)2-6-18;24-17-4-7-19(20(25)9-17)22(34,13-33-31-14-30-32-33)23(26,27)21-8-3-16(11-29-21)12-35-18-5-1-15(10-28)2-6-18/h2*1-9,11,14,34H,12-13H2. The molecule has 0 bridgehead atoms. The summed E-state index contributed by atoms with van der Waals surface area (Å²) in [5, 5.41) is 60.6. The molecule has 2 atom stereocenters. The Bertz CT molecular complexity index is 2900. The van der Waals surface area contributed by atoms with E-state index in [1.54, 1.807) is 48.5 Å². The molecule has 8 aromatic rings. The minimum atomic E-state index is -4.16. The van der Waals surface area contributed by atoms with Crippen LogP contribution in [0.5, 0.6) is 11.5 Å². The number of aliphatic hydroxyl groups is 2. The van der Waals surface area contributed by atoms with Gasteiger partial charge in [-0.15, -0.1) is 15.3 Å². The van der Waals surface area contributed by atoms with Gasteiger partial charge in [-0.3, -0.25) is 9.97 Å². The highest BCUT2D eigenvalue weighted by molar-refractivity contribution is 5.37. The van der Waals surface area contributed by atoms with Gasteiger partial charge in [-0.1, -0.05) is 12.1 Å². The summed E-state index contributed by atoms with van der Waals surface area (Å²) in [7, 11) is 0. The molecule has 24 heteroatoms. The molecule has 0 aliphatic carbocycles. The van der Waals surface area contributed by atoms with Crippen molar-refractivity contribution in [2.45, 2.75) is 49.4 Å². The van der Waals surface area contributed by atoms with Crippen molar-refractivity contribution in [1.29, 1.82) is 10.5 Å². The first-order chi connectivity index (χ1) is 33.4. The fourth-order valence-corrected chi connectivity index (χ4v) is 6.71. The molecule has 4 aromatic carbocycles. The fourth-order valence-electron chi connectivity index (χ4n) is 6.71. The van der Waals surface area contributed by atoms with E-state index >= 15 is 17.6 Å². The number of ether oxygens (including phenoxy) is 2. The van der Waals surface area contributed by atoms with Gasteiger partial charge in [-0.2, -0.15) is 32.9 Å². The van der Waals surface area contributed by atoms with E-state index in [2.05, 4.69) is 40.9 Å². The lowest BCUT2D eigenvalue weighted by Crippen LogP contribution is -2.48. The topological polar surface area (TPSA) is 219 Å². The first-order valence-corrected chi connectivity index (χ1v) is 20.2. The van der Waals surface area contributed by atoms with Crippen molar-refractivity contribution in [2.75, 3.05) is 0 Å². The van der Waals surface area contributed by atoms with Crippen molar-refractivity contribution in [3.05, 3.63) is 202 Å². The van der Waals surface area contributed by atoms with E-state index in [4.69, 9.17) is 20.0 Å². The number of hydrogen-bond acceptors (Lipinski definition) is 14.